The molecule has 2 nitrogen and oxygen atoms in total. The summed E-state index contributed by atoms with van der Waals surface area (Å²) < 4.78 is 0. The van der Waals surface area contributed by atoms with Crippen LogP contribution in [0.5, 0.6) is 0 Å². The third-order valence-electron chi connectivity index (χ3n) is 2.22. The van der Waals surface area contributed by atoms with Crippen LogP contribution in [0.4, 0.5) is 0 Å². The first-order valence-corrected chi connectivity index (χ1v) is 8.62. The number of aliphatic hydroxyl groups excluding tert-OH is 2. The number of hydrogen-bond donors (Lipinski definition) is 2. The van der Waals surface area contributed by atoms with Crippen LogP contribution < -0.4 is 0 Å². The van der Waals surface area contributed by atoms with Crippen LogP contribution in [-0.2, 0) is 0 Å². The molecule has 0 rings (SSSR count). The fourth-order valence-electron chi connectivity index (χ4n) is 1.48. The Bertz CT molecular complexity index is 212. The van der Waals surface area contributed by atoms with Gasteiger partial charge in [0.2, 0.25) is 0 Å². The van der Waals surface area contributed by atoms with Crippen LogP contribution in [0.1, 0.15) is 19.3 Å². The summed E-state index contributed by atoms with van der Waals surface area (Å²) in [5.74, 6) is 0. The molecule has 0 aliphatic carbocycles. The molecular formula is C11H22O2Si. The zero-order valence-electron chi connectivity index (χ0n) is 9.51. The number of aliphatic hydroxyl groups is 2. The second-order valence-electron chi connectivity index (χ2n) is 4.58. The van der Waals surface area contributed by atoms with Crippen LogP contribution in [0.25, 0.3) is 0 Å². The molecule has 3 heteroatoms. The van der Waals surface area contributed by atoms with E-state index in [0.29, 0.717) is 6.42 Å². The SMILES string of the molecule is C=C=C(C(O)CCCCO)[Si](C)(C)C. The predicted molar refractivity (Wildman–Crippen MR) is 62.9 cm³/mol. The van der Waals surface area contributed by atoms with Crippen molar-refractivity contribution in [2.45, 2.75) is 45.0 Å². The zero-order chi connectivity index (χ0) is 11.2. The molecule has 0 bridgehead atoms. The van der Waals surface area contributed by atoms with Crippen molar-refractivity contribution < 1.29 is 10.2 Å². The van der Waals surface area contributed by atoms with E-state index in [4.69, 9.17) is 5.11 Å². The predicted octanol–water partition coefficient (Wildman–Crippen LogP) is 2.10. The normalized spacial score (nSPS) is 13.5. The van der Waals surface area contributed by atoms with Gasteiger partial charge in [-0.15, -0.1) is 5.73 Å². The Morgan fingerprint density at radius 2 is 1.93 bits per heavy atom. The van der Waals surface area contributed by atoms with Gasteiger partial charge in [0, 0.05) is 6.61 Å². The molecule has 0 amide bonds. The van der Waals surface area contributed by atoms with E-state index in [1.807, 2.05) is 0 Å². The lowest BCUT2D eigenvalue weighted by molar-refractivity contribution is 0.196. The fourth-order valence-corrected chi connectivity index (χ4v) is 3.15. The molecule has 2 N–H and O–H groups in total. The van der Waals surface area contributed by atoms with Gasteiger partial charge in [0.15, 0.2) is 0 Å². The molecule has 0 fully saturated rings. The minimum atomic E-state index is -1.48. The smallest absolute Gasteiger partial charge is 0.0857 e. The van der Waals surface area contributed by atoms with E-state index < -0.39 is 14.2 Å². The van der Waals surface area contributed by atoms with Crippen molar-refractivity contribution in [3.63, 3.8) is 0 Å². The fraction of sp³-hybridized carbons (Fsp3) is 0.727. The monoisotopic (exact) mass is 214 g/mol. The molecule has 0 aromatic heterocycles. The van der Waals surface area contributed by atoms with Crippen molar-refractivity contribution in [3.8, 4) is 0 Å². The van der Waals surface area contributed by atoms with Gasteiger partial charge < -0.3 is 10.2 Å². The first-order valence-electron chi connectivity index (χ1n) is 5.12. The summed E-state index contributed by atoms with van der Waals surface area (Å²) in [5, 5.41) is 19.5. The van der Waals surface area contributed by atoms with Gasteiger partial charge in [0.25, 0.3) is 0 Å². The molecule has 0 aromatic carbocycles. The third kappa shape index (κ3) is 4.77. The van der Waals surface area contributed by atoms with Gasteiger partial charge in [-0.05, 0) is 24.5 Å². The lowest BCUT2D eigenvalue weighted by atomic mass is 10.1. The molecule has 0 aliphatic rings. The number of unbranched alkanes of at least 4 members (excludes halogenated alkanes) is 1. The van der Waals surface area contributed by atoms with Crippen molar-refractivity contribution in [2.75, 3.05) is 6.61 Å². The van der Waals surface area contributed by atoms with E-state index >= 15 is 0 Å². The van der Waals surface area contributed by atoms with Gasteiger partial charge in [0.1, 0.15) is 0 Å². The number of hydrogen-bond acceptors (Lipinski definition) is 2. The van der Waals surface area contributed by atoms with E-state index in [-0.39, 0.29) is 6.61 Å². The third-order valence-corrected chi connectivity index (χ3v) is 4.34. The summed E-state index contributed by atoms with van der Waals surface area (Å²) in [7, 11) is -1.48. The Morgan fingerprint density at radius 3 is 2.29 bits per heavy atom. The van der Waals surface area contributed by atoms with Gasteiger partial charge in [-0.1, -0.05) is 26.2 Å². The summed E-state index contributed by atoms with van der Waals surface area (Å²) in [6.45, 7) is 10.4. The first kappa shape index (κ1) is 13.7. The molecule has 0 aliphatic heterocycles. The van der Waals surface area contributed by atoms with Gasteiger partial charge in [-0.3, -0.25) is 0 Å². The van der Waals surface area contributed by atoms with Crippen molar-refractivity contribution in [1.29, 1.82) is 0 Å². The Morgan fingerprint density at radius 1 is 1.36 bits per heavy atom. The Balaban J connectivity index is 4.21. The summed E-state index contributed by atoms with van der Waals surface area (Å²) in [5.41, 5.74) is 2.88. The van der Waals surface area contributed by atoms with Gasteiger partial charge >= 0.3 is 0 Å². The van der Waals surface area contributed by atoms with Crippen LogP contribution in [0, 0.1) is 0 Å². The Kier molecular flexibility index (Phi) is 6.05. The Labute approximate surface area is 88.0 Å². The standard InChI is InChI=1S/C11H22O2Si/c1-5-11(14(2,3)4)10(13)8-6-7-9-12/h10,12-13H,1,6-9H2,2-4H3. The lowest BCUT2D eigenvalue weighted by Gasteiger charge is -2.23. The number of rotatable bonds is 6. The summed E-state index contributed by atoms with van der Waals surface area (Å²) in [4.78, 5) is 0. The molecular weight excluding hydrogens is 192 g/mol. The Hall–Kier alpha value is -0.343. The molecule has 0 saturated heterocycles. The molecule has 82 valence electrons. The van der Waals surface area contributed by atoms with E-state index in [2.05, 4.69) is 32.0 Å². The summed E-state index contributed by atoms with van der Waals surface area (Å²) in [6, 6.07) is 0. The maximum Gasteiger partial charge on any atom is 0.0857 e. The zero-order valence-corrected chi connectivity index (χ0v) is 10.5. The van der Waals surface area contributed by atoms with E-state index in [1.165, 1.54) is 0 Å². The second-order valence-corrected chi connectivity index (χ2v) is 9.61. The highest BCUT2D eigenvalue weighted by molar-refractivity contribution is 6.83. The van der Waals surface area contributed by atoms with Crippen molar-refractivity contribution in [2.24, 2.45) is 0 Å². The lowest BCUT2D eigenvalue weighted by Crippen LogP contribution is -2.31. The van der Waals surface area contributed by atoms with E-state index in [1.54, 1.807) is 0 Å². The maximum atomic E-state index is 9.88. The molecule has 1 unspecified atom stereocenters. The van der Waals surface area contributed by atoms with Crippen LogP contribution in [0.3, 0.4) is 0 Å². The second kappa shape index (κ2) is 6.20. The van der Waals surface area contributed by atoms with E-state index in [0.717, 1.165) is 18.0 Å². The van der Waals surface area contributed by atoms with E-state index in [9.17, 15) is 5.11 Å². The first-order chi connectivity index (χ1) is 6.43. The largest absolute Gasteiger partial charge is 0.396 e. The van der Waals surface area contributed by atoms with Crippen LogP contribution >= 0.6 is 0 Å². The molecule has 14 heavy (non-hydrogen) atoms. The quantitative estimate of drug-likeness (QED) is 0.404. The van der Waals surface area contributed by atoms with Gasteiger partial charge in [-0.2, -0.15) is 0 Å². The van der Waals surface area contributed by atoms with Crippen molar-refractivity contribution >= 4 is 8.07 Å². The maximum absolute atomic E-state index is 9.88. The van der Waals surface area contributed by atoms with Crippen LogP contribution in [0.2, 0.25) is 19.6 Å². The van der Waals surface area contributed by atoms with Crippen LogP contribution in [-0.4, -0.2) is 31.0 Å². The van der Waals surface area contributed by atoms with Gasteiger partial charge in [0.05, 0.1) is 14.2 Å². The highest BCUT2D eigenvalue weighted by atomic mass is 28.3. The molecule has 0 spiro atoms. The minimum absolute atomic E-state index is 0.201. The summed E-state index contributed by atoms with van der Waals surface area (Å²) in [6.07, 6.45) is 1.91. The molecule has 0 heterocycles. The molecule has 1 atom stereocenters. The average Bonchev–Trinajstić information content (AvgIpc) is 2.03. The summed E-state index contributed by atoms with van der Waals surface area (Å²) >= 11 is 0. The molecule has 0 radical (unpaired) electrons. The minimum Gasteiger partial charge on any atom is -0.396 e. The van der Waals surface area contributed by atoms with Crippen LogP contribution in [0.15, 0.2) is 17.5 Å². The van der Waals surface area contributed by atoms with Crippen molar-refractivity contribution in [3.05, 3.63) is 17.5 Å². The topological polar surface area (TPSA) is 40.5 Å². The molecule has 0 saturated carbocycles. The van der Waals surface area contributed by atoms with Crippen molar-refractivity contribution in [1.82, 2.24) is 0 Å². The highest BCUT2D eigenvalue weighted by Crippen LogP contribution is 2.20. The van der Waals surface area contributed by atoms with Gasteiger partial charge in [-0.25, -0.2) is 0 Å². The highest BCUT2D eigenvalue weighted by Gasteiger charge is 2.24. The average molecular weight is 214 g/mol. The molecule has 0 aromatic rings.